The lowest BCUT2D eigenvalue weighted by atomic mass is 10.1. The van der Waals surface area contributed by atoms with Crippen LogP contribution in [-0.2, 0) is 17.8 Å². The fourth-order valence-corrected chi connectivity index (χ4v) is 3.29. The van der Waals surface area contributed by atoms with E-state index in [2.05, 4.69) is 20.0 Å². The molecule has 2 heterocycles. The van der Waals surface area contributed by atoms with Crippen LogP contribution < -0.4 is 4.74 Å². The van der Waals surface area contributed by atoms with Gasteiger partial charge in [-0.15, -0.1) is 13.2 Å². The molecule has 2 aromatic heterocycles. The van der Waals surface area contributed by atoms with E-state index in [0.717, 1.165) is 16.8 Å². The van der Waals surface area contributed by atoms with E-state index < -0.39 is 6.36 Å². The van der Waals surface area contributed by atoms with Gasteiger partial charge in [-0.05, 0) is 48.4 Å². The Kier molecular flexibility index (Phi) is 6.59. The molecule has 0 radical (unpaired) electrons. The minimum Gasteiger partial charge on any atom is -0.406 e. The van der Waals surface area contributed by atoms with Crippen LogP contribution in [0.2, 0.25) is 0 Å². The summed E-state index contributed by atoms with van der Waals surface area (Å²) in [6.45, 7) is 2.41. The highest BCUT2D eigenvalue weighted by atomic mass is 19.4. The van der Waals surface area contributed by atoms with Gasteiger partial charge < -0.3 is 14.2 Å². The van der Waals surface area contributed by atoms with Crippen molar-refractivity contribution in [3.63, 3.8) is 0 Å². The van der Waals surface area contributed by atoms with Gasteiger partial charge in [0.1, 0.15) is 5.75 Å². The Morgan fingerprint density at radius 3 is 2.34 bits per heavy atom. The summed E-state index contributed by atoms with van der Waals surface area (Å²) in [6, 6.07) is 14.7. The van der Waals surface area contributed by atoms with Crippen molar-refractivity contribution in [3.05, 3.63) is 71.4 Å². The van der Waals surface area contributed by atoms with Gasteiger partial charge >= 0.3 is 6.36 Å². The van der Waals surface area contributed by atoms with Crippen LogP contribution in [0.25, 0.3) is 23.0 Å². The van der Waals surface area contributed by atoms with Crippen molar-refractivity contribution in [1.82, 2.24) is 24.8 Å². The van der Waals surface area contributed by atoms with Gasteiger partial charge in [-0.3, -0.25) is 9.48 Å². The molecule has 0 atom stereocenters. The zero-order valence-electron chi connectivity index (χ0n) is 19.2. The first-order valence-electron chi connectivity index (χ1n) is 10.6. The first-order valence-corrected chi connectivity index (χ1v) is 10.6. The highest BCUT2D eigenvalue weighted by molar-refractivity contribution is 5.78. The lowest BCUT2D eigenvalue weighted by Gasteiger charge is -2.10. The number of halogens is 3. The molecule has 4 aromatic rings. The number of hydrogen-bond acceptors (Lipinski definition) is 6. The third-order valence-corrected chi connectivity index (χ3v) is 5.18. The summed E-state index contributed by atoms with van der Waals surface area (Å²) in [5.41, 5.74) is 3.77. The van der Waals surface area contributed by atoms with Gasteiger partial charge in [0.25, 0.3) is 5.89 Å². The summed E-state index contributed by atoms with van der Waals surface area (Å²) in [5, 5.41) is 8.45. The van der Waals surface area contributed by atoms with Crippen LogP contribution >= 0.6 is 0 Å². The van der Waals surface area contributed by atoms with Crippen LogP contribution in [-0.4, -0.2) is 51.2 Å². The van der Waals surface area contributed by atoms with E-state index in [4.69, 9.17) is 4.52 Å². The number of alkyl halides is 3. The number of rotatable bonds is 7. The second kappa shape index (κ2) is 9.61. The minimum absolute atomic E-state index is 0.0369. The third kappa shape index (κ3) is 6.05. The molecular formula is C24H22F3N5O3. The molecule has 0 aliphatic rings. The molecular weight excluding hydrogens is 463 g/mol. The van der Waals surface area contributed by atoms with Gasteiger partial charge in [-0.1, -0.05) is 29.4 Å². The molecule has 4 rings (SSSR count). The van der Waals surface area contributed by atoms with Crippen molar-refractivity contribution in [2.45, 2.75) is 26.3 Å². The number of ether oxygens (including phenoxy) is 1. The van der Waals surface area contributed by atoms with Gasteiger partial charge in [0.2, 0.25) is 11.7 Å². The maximum Gasteiger partial charge on any atom is 0.573 e. The Hall–Kier alpha value is -4.15. The fourth-order valence-electron chi connectivity index (χ4n) is 3.29. The number of hydrogen-bond donors (Lipinski definition) is 0. The zero-order valence-corrected chi connectivity index (χ0v) is 19.2. The van der Waals surface area contributed by atoms with Crippen LogP contribution in [0.3, 0.4) is 0 Å². The molecule has 11 heteroatoms. The Morgan fingerprint density at radius 2 is 1.71 bits per heavy atom. The second-order valence-corrected chi connectivity index (χ2v) is 8.11. The number of aromatic nitrogens is 4. The second-order valence-electron chi connectivity index (χ2n) is 8.11. The van der Waals surface area contributed by atoms with E-state index in [9.17, 15) is 18.0 Å². The number of carbonyl (C=O) groups excluding carboxylic acids is 1. The molecule has 0 N–H and O–H groups in total. The lowest BCUT2D eigenvalue weighted by Crippen LogP contribution is -2.23. The normalized spacial score (nSPS) is 11.5. The standard InChI is InChI=1S/C24H22F3N5O3/c1-15-12-20(29-32(15)14-17-6-4-16(5-7-17)13-21(33)31(2)3)23-28-22(30-35-23)18-8-10-19(11-9-18)34-24(25,26)27/h4-12H,13-14H2,1-3H3. The van der Waals surface area contributed by atoms with Gasteiger partial charge in [0.05, 0.1) is 13.0 Å². The van der Waals surface area contributed by atoms with E-state index in [1.54, 1.807) is 23.7 Å². The predicted octanol–water partition coefficient (Wildman–Crippen LogP) is 4.49. The number of likely N-dealkylation sites (N-methyl/N-ethyl adjacent to an activating group) is 1. The number of nitrogens with zero attached hydrogens (tertiary/aromatic N) is 5. The molecule has 2 aromatic carbocycles. The van der Waals surface area contributed by atoms with Crippen LogP contribution in [0.1, 0.15) is 16.8 Å². The topological polar surface area (TPSA) is 86.3 Å². The van der Waals surface area contributed by atoms with Crippen molar-refractivity contribution < 1.29 is 27.2 Å². The largest absolute Gasteiger partial charge is 0.573 e. The van der Waals surface area contributed by atoms with E-state index in [1.165, 1.54) is 24.3 Å². The maximum absolute atomic E-state index is 12.3. The highest BCUT2D eigenvalue weighted by Gasteiger charge is 2.31. The molecule has 0 bridgehead atoms. The summed E-state index contributed by atoms with van der Waals surface area (Å²) in [4.78, 5) is 17.7. The summed E-state index contributed by atoms with van der Waals surface area (Å²) < 4.78 is 48.0. The smallest absolute Gasteiger partial charge is 0.406 e. The molecule has 8 nitrogen and oxygen atoms in total. The Labute approximate surface area is 198 Å². The monoisotopic (exact) mass is 485 g/mol. The number of benzene rings is 2. The zero-order chi connectivity index (χ0) is 25.2. The Morgan fingerprint density at radius 1 is 1.06 bits per heavy atom. The molecule has 0 aliphatic carbocycles. The van der Waals surface area contributed by atoms with Crippen LogP contribution in [0.15, 0.2) is 59.1 Å². The maximum atomic E-state index is 12.3. The van der Waals surface area contributed by atoms with Gasteiger partial charge in [-0.2, -0.15) is 10.1 Å². The van der Waals surface area contributed by atoms with Gasteiger partial charge in [0.15, 0.2) is 5.69 Å². The Bertz CT molecular complexity index is 1310. The fraction of sp³-hybridized carbons (Fsp3) is 0.250. The summed E-state index contributed by atoms with van der Waals surface area (Å²) in [7, 11) is 3.45. The molecule has 0 unspecified atom stereocenters. The average molecular weight is 485 g/mol. The van der Waals surface area contributed by atoms with Crippen LogP contribution in [0.5, 0.6) is 5.75 Å². The molecule has 1 amide bonds. The quantitative estimate of drug-likeness (QED) is 0.384. The van der Waals surface area contributed by atoms with Gasteiger partial charge in [-0.25, -0.2) is 0 Å². The highest BCUT2D eigenvalue weighted by Crippen LogP contribution is 2.27. The molecule has 0 spiro atoms. The van der Waals surface area contributed by atoms with E-state index in [1.807, 2.05) is 37.3 Å². The minimum atomic E-state index is -4.76. The van der Waals surface area contributed by atoms with E-state index in [0.29, 0.717) is 24.2 Å². The van der Waals surface area contributed by atoms with Crippen molar-refractivity contribution in [2.24, 2.45) is 0 Å². The van der Waals surface area contributed by atoms with Gasteiger partial charge in [0, 0.05) is 25.4 Å². The predicted molar refractivity (Wildman–Crippen MR) is 120 cm³/mol. The molecule has 0 saturated heterocycles. The van der Waals surface area contributed by atoms with Crippen LogP contribution in [0.4, 0.5) is 13.2 Å². The first-order chi connectivity index (χ1) is 16.6. The average Bonchev–Trinajstić information content (AvgIpc) is 3.42. The Balaban J connectivity index is 1.45. The van der Waals surface area contributed by atoms with Crippen molar-refractivity contribution in [2.75, 3.05) is 14.1 Å². The number of aryl methyl sites for hydroxylation is 1. The SMILES string of the molecule is Cc1cc(-c2nc(-c3ccc(OC(F)(F)F)cc3)no2)nn1Cc1ccc(CC(=O)N(C)C)cc1. The van der Waals surface area contributed by atoms with Crippen LogP contribution in [0, 0.1) is 6.92 Å². The number of amides is 1. The van der Waals surface area contributed by atoms with Crippen molar-refractivity contribution in [3.8, 4) is 28.7 Å². The third-order valence-electron chi connectivity index (χ3n) is 5.18. The molecule has 0 fully saturated rings. The first kappa shape index (κ1) is 24.0. The summed E-state index contributed by atoms with van der Waals surface area (Å²) >= 11 is 0. The molecule has 0 aliphatic heterocycles. The van der Waals surface area contributed by atoms with Crippen molar-refractivity contribution >= 4 is 5.91 Å². The van der Waals surface area contributed by atoms with E-state index in [-0.39, 0.29) is 23.4 Å². The molecule has 35 heavy (non-hydrogen) atoms. The van der Waals surface area contributed by atoms with E-state index >= 15 is 0 Å². The molecule has 0 saturated carbocycles. The summed E-state index contributed by atoms with van der Waals surface area (Å²) in [6.07, 6.45) is -4.42. The molecule has 182 valence electrons. The van der Waals surface area contributed by atoms with Crippen molar-refractivity contribution in [1.29, 1.82) is 0 Å². The lowest BCUT2D eigenvalue weighted by molar-refractivity contribution is -0.274. The summed E-state index contributed by atoms with van der Waals surface area (Å²) in [5.74, 6) is 0.107. The number of carbonyl (C=O) groups is 1.